The first kappa shape index (κ1) is 13.3. The van der Waals surface area contributed by atoms with Crippen LogP contribution in [0, 0.1) is 0 Å². The minimum atomic E-state index is -1.10. The average Bonchev–Trinajstić information content (AvgIpc) is 2.92. The number of aliphatic carboxylic acids is 1. The summed E-state index contributed by atoms with van der Waals surface area (Å²) in [5.41, 5.74) is 0.736. The van der Waals surface area contributed by atoms with Crippen molar-refractivity contribution in [1.29, 1.82) is 0 Å². The Morgan fingerprint density at radius 1 is 1.53 bits per heavy atom. The quantitative estimate of drug-likeness (QED) is 0.717. The smallest absolute Gasteiger partial charge is 0.326 e. The third-order valence-electron chi connectivity index (χ3n) is 3.10. The van der Waals surface area contributed by atoms with E-state index >= 15 is 0 Å². The van der Waals surface area contributed by atoms with Crippen molar-refractivity contribution < 1.29 is 19.8 Å². The summed E-state index contributed by atoms with van der Waals surface area (Å²) in [5, 5.41) is 22.4. The number of hydrogen-bond donors (Lipinski definition) is 2. The highest BCUT2D eigenvalue weighted by Gasteiger charge is 2.37. The first-order chi connectivity index (χ1) is 8.99. The Morgan fingerprint density at radius 3 is 2.84 bits per heavy atom. The number of aliphatic hydroxyl groups excluding tert-OH is 1. The van der Waals surface area contributed by atoms with Gasteiger partial charge in [0.25, 0.3) is 0 Å². The molecule has 0 aliphatic carbocycles. The molecule has 1 aliphatic heterocycles. The summed E-state index contributed by atoms with van der Waals surface area (Å²) in [6, 6.07) is 0.774. The summed E-state index contributed by atoms with van der Waals surface area (Å²) in [6.45, 7) is 0.0471. The largest absolute Gasteiger partial charge is 0.480 e. The van der Waals surface area contributed by atoms with Gasteiger partial charge in [0.1, 0.15) is 6.04 Å². The molecule has 19 heavy (non-hydrogen) atoms. The minimum Gasteiger partial charge on any atom is -0.480 e. The van der Waals surface area contributed by atoms with E-state index < -0.39 is 24.0 Å². The number of aryl methyl sites for hydroxylation is 1. The molecule has 2 rings (SSSR count). The predicted molar refractivity (Wildman–Crippen MR) is 66.0 cm³/mol. The van der Waals surface area contributed by atoms with Crippen LogP contribution in [0.25, 0.3) is 6.08 Å². The Kier molecular flexibility index (Phi) is 3.66. The zero-order valence-corrected chi connectivity index (χ0v) is 10.4. The van der Waals surface area contributed by atoms with Crippen molar-refractivity contribution in [1.82, 2.24) is 14.7 Å². The third-order valence-corrected chi connectivity index (χ3v) is 3.10. The molecule has 2 unspecified atom stereocenters. The molecule has 2 N–H and O–H groups in total. The Bertz CT molecular complexity index is 523. The summed E-state index contributed by atoms with van der Waals surface area (Å²) >= 11 is 0. The summed E-state index contributed by atoms with van der Waals surface area (Å²) in [5.74, 6) is -1.52. The molecule has 0 aromatic carbocycles. The molecular weight excluding hydrogens is 250 g/mol. The Morgan fingerprint density at radius 2 is 2.26 bits per heavy atom. The molecule has 0 radical (unpaired) electrons. The van der Waals surface area contributed by atoms with Crippen molar-refractivity contribution in [2.24, 2.45) is 7.05 Å². The number of nitrogens with zero attached hydrogens (tertiary/aromatic N) is 3. The first-order valence-corrected chi connectivity index (χ1v) is 5.86. The van der Waals surface area contributed by atoms with Crippen molar-refractivity contribution in [2.75, 3.05) is 6.54 Å². The summed E-state index contributed by atoms with van der Waals surface area (Å²) < 4.78 is 1.59. The van der Waals surface area contributed by atoms with Gasteiger partial charge < -0.3 is 15.1 Å². The van der Waals surface area contributed by atoms with E-state index in [0.29, 0.717) is 0 Å². The van der Waals surface area contributed by atoms with Gasteiger partial charge in [0, 0.05) is 32.3 Å². The maximum absolute atomic E-state index is 11.9. The highest BCUT2D eigenvalue weighted by atomic mass is 16.4. The second kappa shape index (κ2) is 5.23. The van der Waals surface area contributed by atoms with Gasteiger partial charge in [0.05, 0.1) is 11.8 Å². The van der Waals surface area contributed by atoms with Crippen molar-refractivity contribution in [3.05, 3.63) is 24.0 Å². The molecule has 1 saturated heterocycles. The molecule has 1 fully saturated rings. The molecule has 1 aromatic rings. The van der Waals surface area contributed by atoms with Crippen LogP contribution in [-0.2, 0) is 16.6 Å². The number of aromatic nitrogens is 2. The highest BCUT2D eigenvalue weighted by molar-refractivity contribution is 5.94. The zero-order chi connectivity index (χ0) is 14.0. The SMILES string of the molecule is Cn1nccc1/C=C/C(=O)N1CC(O)CC1C(=O)O. The van der Waals surface area contributed by atoms with E-state index in [0.717, 1.165) is 5.69 Å². The fraction of sp³-hybridized carbons (Fsp3) is 0.417. The van der Waals surface area contributed by atoms with Crippen LogP contribution in [-0.4, -0.2) is 55.5 Å². The van der Waals surface area contributed by atoms with Crippen molar-refractivity contribution >= 4 is 18.0 Å². The molecule has 7 nitrogen and oxygen atoms in total. The second-order valence-corrected chi connectivity index (χ2v) is 4.45. The van der Waals surface area contributed by atoms with Gasteiger partial charge in [0.15, 0.2) is 0 Å². The van der Waals surface area contributed by atoms with Crippen LogP contribution in [0.1, 0.15) is 12.1 Å². The monoisotopic (exact) mass is 265 g/mol. The first-order valence-electron chi connectivity index (χ1n) is 5.86. The normalized spacial score (nSPS) is 23.2. The Balaban J connectivity index is 2.09. The lowest BCUT2D eigenvalue weighted by atomic mass is 10.2. The van der Waals surface area contributed by atoms with Crippen LogP contribution in [0.5, 0.6) is 0 Å². The fourth-order valence-corrected chi connectivity index (χ4v) is 2.09. The van der Waals surface area contributed by atoms with Gasteiger partial charge in [-0.05, 0) is 12.1 Å². The van der Waals surface area contributed by atoms with Gasteiger partial charge in [-0.1, -0.05) is 0 Å². The number of carboxylic acids is 1. The van der Waals surface area contributed by atoms with Crippen LogP contribution >= 0.6 is 0 Å². The van der Waals surface area contributed by atoms with Crippen LogP contribution in [0.4, 0.5) is 0 Å². The summed E-state index contributed by atoms with van der Waals surface area (Å²) in [4.78, 5) is 24.1. The van der Waals surface area contributed by atoms with Crippen LogP contribution < -0.4 is 0 Å². The van der Waals surface area contributed by atoms with Gasteiger partial charge >= 0.3 is 5.97 Å². The zero-order valence-electron chi connectivity index (χ0n) is 10.4. The fourth-order valence-electron chi connectivity index (χ4n) is 2.09. The number of rotatable bonds is 3. The van der Waals surface area contributed by atoms with Gasteiger partial charge in [0.2, 0.25) is 5.91 Å². The molecule has 1 amide bonds. The lowest BCUT2D eigenvalue weighted by molar-refractivity contribution is -0.146. The number of aliphatic hydroxyl groups is 1. The maximum Gasteiger partial charge on any atom is 0.326 e. The van der Waals surface area contributed by atoms with Crippen molar-refractivity contribution in [3.63, 3.8) is 0 Å². The van der Waals surface area contributed by atoms with Crippen molar-refractivity contribution in [3.8, 4) is 0 Å². The van der Waals surface area contributed by atoms with E-state index in [1.807, 2.05) is 0 Å². The standard InChI is InChI=1S/C12H15N3O4/c1-14-8(4-5-13-14)2-3-11(17)15-7-9(16)6-10(15)12(18)19/h2-5,9-10,16H,6-7H2,1H3,(H,18,19)/b3-2+. The lowest BCUT2D eigenvalue weighted by Gasteiger charge is -2.19. The lowest BCUT2D eigenvalue weighted by Crippen LogP contribution is -2.39. The topological polar surface area (TPSA) is 95.7 Å². The van der Waals surface area contributed by atoms with E-state index in [-0.39, 0.29) is 13.0 Å². The molecule has 0 spiro atoms. The third kappa shape index (κ3) is 2.82. The molecule has 102 valence electrons. The highest BCUT2D eigenvalue weighted by Crippen LogP contribution is 2.18. The number of likely N-dealkylation sites (tertiary alicyclic amines) is 1. The minimum absolute atomic E-state index is 0.0471. The van der Waals surface area contributed by atoms with Crippen LogP contribution in [0.2, 0.25) is 0 Å². The summed E-state index contributed by atoms with van der Waals surface area (Å²) in [7, 11) is 1.74. The Hall–Kier alpha value is -2.15. The molecule has 7 heteroatoms. The average molecular weight is 265 g/mol. The number of carboxylic acid groups (broad SMARTS) is 1. The Labute approximate surface area is 109 Å². The van der Waals surface area contributed by atoms with Gasteiger partial charge in [-0.3, -0.25) is 9.48 Å². The molecule has 2 atom stereocenters. The number of β-amino-alcohol motifs (C(OH)–C–C–N with tert-alkyl or cyclic N) is 1. The van der Waals surface area contributed by atoms with Gasteiger partial charge in [-0.15, -0.1) is 0 Å². The molecule has 1 aromatic heterocycles. The van der Waals surface area contributed by atoms with E-state index in [1.54, 1.807) is 30.1 Å². The predicted octanol–water partition coefficient (Wildman–Crippen LogP) is -0.520. The number of carbonyl (C=O) groups excluding carboxylic acids is 1. The van der Waals surface area contributed by atoms with E-state index in [1.165, 1.54) is 11.0 Å². The van der Waals surface area contributed by atoms with Crippen molar-refractivity contribution in [2.45, 2.75) is 18.6 Å². The van der Waals surface area contributed by atoms with Gasteiger partial charge in [-0.25, -0.2) is 4.79 Å². The van der Waals surface area contributed by atoms with Gasteiger partial charge in [-0.2, -0.15) is 5.10 Å². The van der Waals surface area contributed by atoms with Crippen LogP contribution in [0.15, 0.2) is 18.3 Å². The van der Waals surface area contributed by atoms with E-state index in [4.69, 9.17) is 5.11 Å². The molecule has 0 saturated carbocycles. The van der Waals surface area contributed by atoms with Crippen LogP contribution in [0.3, 0.4) is 0 Å². The maximum atomic E-state index is 11.9. The van der Waals surface area contributed by atoms with E-state index in [9.17, 15) is 14.7 Å². The molecule has 2 heterocycles. The summed E-state index contributed by atoms with van der Waals surface area (Å²) in [6.07, 6.45) is 3.75. The van der Waals surface area contributed by atoms with E-state index in [2.05, 4.69) is 5.10 Å². The second-order valence-electron chi connectivity index (χ2n) is 4.45. The molecule has 1 aliphatic rings. The molecule has 0 bridgehead atoms. The molecular formula is C12H15N3O4. The number of amides is 1. The number of carbonyl (C=O) groups is 2. The number of hydrogen-bond acceptors (Lipinski definition) is 4.